The zero-order valence-corrected chi connectivity index (χ0v) is 16.5. The largest absolute Gasteiger partial charge is 0.466 e. The van der Waals surface area contributed by atoms with Crippen LogP contribution in [0.25, 0.3) is 0 Å². The molecule has 22 heavy (non-hydrogen) atoms. The number of methoxy groups -OCH3 is 1. The molecule has 0 aromatic rings. The van der Waals surface area contributed by atoms with Gasteiger partial charge < -0.3 is 18.4 Å². The molecule has 1 aliphatic heterocycles. The van der Waals surface area contributed by atoms with E-state index in [-0.39, 0.29) is 6.10 Å². The highest BCUT2D eigenvalue weighted by Crippen LogP contribution is 2.24. The van der Waals surface area contributed by atoms with E-state index in [0.29, 0.717) is 12.1 Å². The Bertz CT molecular complexity index is 451. The van der Waals surface area contributed by atoms with Gasteiger partial charge in [0.25, 0.3) is 0 Å². The molecule has 0 unspecified atom stereocenters. The molecule has 0 aliphatic carbocycles. The summed E-state index contributed by atoms with van der Waals surface area (Å²) in [5.74, 6) is -0.425. The zero-order chi connectivity index (χ0) is 17.0. The Balaban J connectivity index is 2.84. The van der Waals surface area contributed by atoms with Gasteiger partial charge in [0.15, 0.2) is 16.6 Å². The van der Waals surface area contributed by atoms with Crippen LogP contribution in [-0.4, -0.2) is 47.8 Å². The second kappa shape index (κ2) is 7.54. The molecule has 126 valence electrons. The van der Waals surface area contributed by atoms with Gasteiger partial charge in [-0.3, -0.25) is 0 Å². The molecular weight excluding hydrogens is 318 g/mol. The van der Waals surface area contributed by atoms with Crippen LogP contribution in [0.4, 0.5) is 0 Å². The first-order valence-electron chi connectivity index (χ1n) is 7.34. The molecule has 0 aromatic heterocycles. The first-order valence-corrected chi connectivity index (χ1v) is 14.2. The minimum atomic E-state index is -1.78. The predicted molar refractivity (Wildman–Crippen MR) is 90.7 cm³/mol. The highest BCUT2D eigenvalue weighted by Gasteiger charge is 2.36. The van der Waals surface area contributed by atoms with Crippen molar-refractivity contribution in [3.63, 3.8) is 0 Å². The average molecular weight is 346 g/mol. The molecule has 0 saturated carbocycles. The molecule has 0 aromatic carbocycles. The number of oxime groups is 1. The normalized spacial score (nSPS) is 23.1. The minimum Gasteiger partial charge on any atom is -0.466 e. The summed E-state index contributed by atoms with van der Waals surface area (Å²) in [5.41, 5.74) is 0.643. The number of esters is 1. The number of rotatable bonds is 6. The molecule has 0 bridgehead atoms. The number of hydrogen-bond acceptors (Lipinski definition) is 6. The summed E-state index contributed by atoms with van der Waals surface area (Å²) in [7, 11) is -2.20. The van der Waals surface area contributed by atoms with Gasteiger partial charge in [-0.05, 0) is 45.4 Å². The highest BCUT2D eigenvalue weighted by atomic mass is 28.4. The minimum absolute atomic E-state index is 0.215. The van der Waals surface area contributed by atoms with Gasteiger partial charge in [-0.1, -0.05) is 5.16 Å². The molecule has 0 N–H and O–H groups in total. The van der Waals surface area contributed by atoms with Gasteiger partial charge in [0.2, 0.25) is 6.29 Å². The molecule has 6 nitrogen and oxygen atoms in total. The second-order valence-electron chi connectivity index (χ2n) is 7.12. The van der Waals surface area contributed by atoms with E-state index in [0.717, 1.165) is 0 Å². The Labute approximate surface area is 134 Å². The van der Waals surface area contributed by atoms with Gasteiger partial charge in [0.05, 0.1) is 12.8 Å². The SMILES string of the molecule is COC(=O)/C=C/C1=NO[C@H](O[Si](C)(C)C)[C@@H](O[Si](C)(C)C)C1. The maximum Gasteiger partial charge on any atom is 0.330 e. The van der Waals surface area contributed by atoms with Crippen LogP contribution in [0, 0.1) is 0 Å². The molecule has 1 heterocycles. The van der Waals surface area contributed by atoms with E-state index in [9.17, 15) is 4.79 Å². The fourth-order valence-corrected chi connectivity index (χ4v) is 3.85. The summed E-state index contributed by atoms with van der Waals surface area (Å²) in [6, 6.07) is 0. The number of ether oxygens (including phenoxy) is 1. The summed E-state index contributed by atoms with van der Waals surface area (Å²) >= 11 is 0. The molecule has 1 aliphatic rings. The third-order valence-electron chi connectivity index (χ3n) is 2.58. The quantitative estimate of drug-likeness (QED) is 0.421. The van der Waals surface area contributed by atoms with E-state index in [1.807, 2.05) is 0 Å². The van der Waals surface area contributed by atoms with Crippen LogP contribution in [0.5, 0.6) is 0 Å². The van der Waals surface area contributed by atoms with Crippen LogP contribution in [0.15, 0.2) is 17.3 Å². The van der Waals surface area contributed by atoms with Crippen molar-refractivity contribution < 1.29 is 23.2 Å². The summed E-state index contributed by atoms with van der Waals surface area (Å²) in [4.78, 5) is 16.7. The van der Waals surface area contributed by atoms with Crippen LogP contribution >= 0.6 is 0 Å². The Hall–Kier alpha value is -0.966. The van der Waals surface area contributed by atoms with E-state index >= 15 is 0 Å². The maximum absolute atomic E-state index is 11.2. The fraction of sp³-hybridized carbons (Fsp3) is 0.714. The van der Waals surface area contributed by atoms with Crippen LogP contribution in [0.1, 0.15) is 6.42 Å². The molecule has 8 heteroatoms. The third-order valence-corrected chi connectivity index (χ3v) is 4.52. The Morgan fingerprint density at radius 1 is 1.18 bits per heavy atom. The van der Waals surface area contributed by atoms with Crippen molar-refractivity contribution in [2.45, 2.75) is 58.1 Å². The second-order valence-corrected chi connectivity index (χ2v) is 16.0. The topological polar surface area (TPSA) is 66.4 Å². The summed E-state index contributed by atoms with van der Waals surface area (Å²) in [6.07, 6.45) is 2.76. The molecule has 2 atom stereocenters. The lowest BCUT2D eigenvalue weighted by Crippen LogP contribution is -2.47. The van der Waals surface area contributed by atoms with Crippen LogP contribution < -0.4 is 0 Å². The smallest absolute Gasteiger partial charge is 0.330 e. The van der Waals surface area contributed by atoms with Crippen LogP contribution in [0.2, 0.25) is 39.3 Å². The van der Waals surface area contributed by atoms with Gasteiger partial charge in [-0.15, -0.1) is 0 Å². The summed E-state index contributed by atoms with van der Waals surface area (Å²) in [5, 5.41) is 4.04. The lowest BCUT2D eigenvalue weighted by molar-refractivity contribution is -0.150. The van der Waals surface area contributed by atoms with Gasteiger partial charge >= 0.3 is 5.97 Å². The van der Waals surface area contributed by atoms with Crippen LogP contribution in [-0.2, 0) is 23.2 Å². The van der Waals surface area contributed by atoms with Gasteiger partial charge in [0.1, 0.15) is 6.10 Å². The molecule has 0 spiro atoms. The van der Waals surface area contributed by atoms with Crippen molar-refractivity contribution in [1.29, 1.82) is 0 Å². The van der Waals surface area contributed by atoms with E-state index < -0.39 is 28.9 Å². The van der Waals surface area contributed by atoms with Crippen molar-refractivity contribution in [3.05, 3.63) is 12.2 Å². The Kier molecular flexibility index (Phi) is 6.54. The van der Waals surface area contributed by atoms with E-state index in [4.69, 9.17) is 13.7 Å². The Morgan fingerprint density at radius 2 is 1.77 bits per heavy atom. The number of allylic oxidation sites excluding steroid dienone is 1. The molecule has 0 fully saturated rings. The van der Waals surface area contributed by atoms with Gasteiger partial charge in [-0.25, -0.2) is 4.79 Å². The number of nitrogens with zero attached hydrogens (tertiary/aromatic N) is 1. The van der Waals surface area contributed by atoms with Crippen molar-refractivity contribution in [1.82, 2.24) is 0 Å². The number of hydrogen-bond donors (Lipinski definition) is 0. The number of carbonyl (C=O) groups is 1. The third kappa shape index (κ3) is 7.34. The lowest BCUT2D eigenvalue weighted by atomic mass is 10.1. The lowest BCUT2D eigenvalue weighted by Gasteiger charge is -2.36. The van der Waals surface area contributed by atoms with Gasteiger partial charge in [0, 0.05) is 12.5 Å². The van der Waals surface area contributed by atoms with Gasteiger partial charge in [-0.2, -0.15) is 0 Å². The predicted octanol–water partition coefficient (Wildman–Crippen LogP) is 2.89. The molecule has 0 saturated heterocycles. The maximum atomic E-state index is 11.2. The van der Waals surface area contributed by atoms with E-state index in [1.54, 1.807) is 6.08 Å². The molecule has 1 rings (SSSR count). The summed E-state index contributed by atoms with van der Waals surface area (Å²) in [6.45, 7) is 12.6. The van der Waals surface area contributed by atoms with Crippen molar-refractivity contribution in [3.8, 4) is 0 Å². The molecular formula is C14H27NO5Si2. The van der Waals surface area contributed by atoms with E-state index in [1.165, 1.54) is 13.2 Å². The van der Waals surface area contributed by atoms with E-state index in [2.05, 4.69) is 49.2 Å². The highest BCUT2D eigenvalue weighted by molar-refractivity contribution is 6.70. The zero-order valence-electron chi connectivity index (χ0n) is 14.5. The fourth-order valence-electron chi connectivity index (χ4n) is 1.86. The Morgan fingerprint density at radius 3 is 2.27 bits per heavy atom. The summed E-state index contributed by atoms with van der Waals surface area (Å²) < 4.78 is 16.8. The monoisotopic (exact) mass is 345 g/mol. The molecule has 0 amide bonds. The molecule has 0 radical (unpaired) electrons. The first-order chi connectivity index (χ1) is 10.00. The number of carbonyl (C=O) groups excluding carboxylic acids is 1. The standard InChI is InChI=1S/C14H27NO5Si2/c1-17-13(16)9-8-11-10-12(19-21(2,3)4)14(18-15-11)20-22(5,6)7/h8-9,12,14H,10H2,1-7H3/b9-8+/t12-,14+/m0/s1. The van der Waals surface area contributed by atoms with Crippen molar-refractivity contribution in [2.24, 2.45) is 5.16 Å². The van der Waals surface area contributed by atoms with Crippen molar-refractivity contribution >= 4 is 28.3 Å². The van der Waals surface area contributed by atoms with Crippen molar-refractivity contribution in [2.75, 3.05) is 7.11 Å². The van der Waals surface area contributed by atoms with Crippen LogP contribution in [0.3, 0.4) is 0 Å². The first kappa shape index (κ1) is 19.1. The average Bonchev–Trinajstić information content (AvgIpc) is 2.35.